The Bertz CT molecular complexity index is 865. The van der Waals surface area contributed by atoms with E-state index in [4.69, 9.17) is 0 Å². The van der Waals surface area contributed by atoms with E-state index in [1.54, 1.807) is 32.2 Å². The van der Waals surface area contributed by atoms with Crippen molar-refractivity contribution in [2.24, 2.45) is 0 Å². The smallest absolute Gasteiger partial charge is 0.315 e. The summed E-state index contributed by atoms with van der Waals surface area (Å²) in [5, 5.41) is 5.49. The molecule has 1 aromatic carbocycles. The first kappa shape index (κ1) is 16.2. The van der Waals surface area contributed by atoms with Crippen molar-refractivity contribution in [2.45, 2.75) is 32.0 Å². The number of pyridine rings is 1. The van der Waals surface area contributed by atoms with E-state index < -0.39 is 29.2 Å². The van der Waals surface area contributed by atoms with Crippen LogP contribution in [-0.4, -0.2) is 16.6 Å². The third kappa shape index (κ3) is 2.55. The van der Waals surface area contributed by atoms with Crippen LogP contribution in [-0.2, 0) is 12.1 Å². The van der Waals surface area contributed by atoms with E-state index in [0.29, 0.717) is 11.1 Å². The zero-order chi connectivity index (χ0) is 17.5. The lowest BCUT2D eigenvalue weighted by molar-refractivity contribution is 0.241. The second-order valence-corrected chi connectivity index (χ2v) is 6.04. The van der Waals surface area contributed by atoms with Crippen LogP contribution >= 0.6 is 0 Å². The number of aromatic nitrogens is 1. The highest BCUT2D eigenvalue weighted by Crippen LogP contribution is 2.31. The molecule has 0 saturated carbocycles. The summed E-state index contributed by atoms with van der Waals surface area (Å²) in [6.45, 7) is 3.54. The monoisotopic (exact) mass is 333 g/mol. The number of benzene rings is 1. The van der Waals surface area contributed by atoms with Crippen molar-refractivity contribution >= 4 is 6.03 Å². The van der Waals surface area contributed by atoms with Crippen molar-refractivity contribution in [3.63, 3.8) is 0 Å². The van der Waals surface area contributed by atoms with Gasteiger partial charge in [0.2, 0.25) is 0 Å². The van der Waals surface area contributed by atoms with Gasteiger partial charge in [-0.1, -0.05) is 12.1 Å². The molecule has 1 aliphatic heterocycles. The molecular weight excluding hydrogens is 316 g/mol. The number of amides is 2. The molecule has 2 atom stereocenters. The SMILES string of the molecule is Cc1cccn(CC2(c3ccc(F)c(F)c3)NC(=O)NC2C)c1=O. The van der Waals surface area contributed by atoms with E-state index >= 15 is 0 Å². The molecule has 1 aromatic heterocycles. The largest absolute Gasteiger partial charge is 0.333 e. The van der Waals surface area contributed by atoms with Crippen LogP contribution < -0.4 is 16.2 Å². The van der Waals surface area contributed by atoms with Crippen LogP contribution in [0.15, 0.2) is 41.3 Å². The Kier molecular flexibility index (Phi) is 3.87. The Balaban J connectivity index is 2.13. The van der Waals surface area contributed by atoms with Gasteiger partial charge in [0.05, 0.1) is 12.6 Å². The first-order valence-corrected chi connectivity index (χ1v) is 7.54. The highest BCUT2D eigenvalue weighted by atomic mass is 19.2. The quantitative estimate of drug-likeness (QED) is 0.903. The van der Waals surface area contributed by atoms with Gasteiger partial charge in [0.25, 0.3) is 5.56 Å². The number of halogens is 2. The number of carbonyl (C=O) groups is 1. The minimum Gasteiger partial charge on any atom is -0.333 e. The normalized spacial score (nSPS) is 23.0. The number of hydrogen-bond acceptors (Lipinski definition) is 2. The van der Waals surface area contributed by atoms with E-state index in [0.717, 1.165) is 12.1 Å². The summed E-state index contributed by atoms with van der Waals surface area (Å²) in [6.07, 6.45) is 1.61. The number of carbonyl (C=O) groups excluding carboxylic acids is 1. The number of aryl methyl sites for hydroxylation is 1. The standard InChI is InChI=1S/C17H17F2N3O2/c1-10-4-3-7-22(15(10)23)9-17(11(2)20-16(24)21-17)12-5-6-13(18)14(19)8-12/h3-8,11H,9H2,1-2H3,(H2,20,21,24). The summed E-state index contributed by atoms with van der Waals surface area (Å²) >= 11 is 0. The van der Waals surface area contributed by atoms with Gasteiger partial charge in [0.1, 0.15) is 5.54 Å². The maximum Gasteiger partial charge on any atom is 0.315 e. The minimum absolute atomic E-state index is 0.0957. The van der Waals surface area contributed by atoms with Crippen molar-refractivity contribution < 1.29 is 13.6 Å². The third-order valence-corrected chi connectivity index (χ3v) is 4.49. The topological polar surface area (TPSA) is 63.1 Å². The fraction of sp³-hybridized carbons (Fsp3) is 0.294. The predicted molar refractivity (Wildman–Crippen MR) is 84.6 cm³/mol. The first-order valence-electron chi connectivity index (χ1n) is 7.54. The molecule has 2 N–H and O–H groups in total. The van der Waals surface area contributed by atoms with Crippen molar-refractivity contribution in [2.75, 3.05) is 0 Å². The van der Waals surface area contributed by atoms with E-state index in [1.165, 1.54) is 10.6 Å². The second kappa shape index (κ2) is 5.74. The molecule has 0 radical (unpaired) electrons. The highest BCUT2D eigenvalue weighted by Gasteiger charge is 2.46. The summed E-state index contributed by atoms with van der Waals surface area (Å²) in [5.41, 5.74) is -0.320. The Morgan fingerprint density at radius 2 is 1.96 bits per heavy atom. The molecule has 2 aromatic rings. The van der Waals surface area contributed by atoms with Crippen molar-refractivity contribution in [3.8, 4) is 0 Å². The summed E-state index contributed by atoms with van der Waals surface area (Å²) in [7, 11) is 0. The van der Waals surface area contributed by atoms with E-state index in [2.05, 4.69) is 10.6 Å². The molecule has 0 aliphatic carbocycles. The van der Waals surface area contributed by atoms with Crippen LogP contribution in [0, 0.1) is 18.6 Å². The molecule has 1 aliphatic rings. The zero-order valence-corrected chi connectivity index (χ0v) is 13.3. The molecule has 7 heteroatoms. The van der Waals surface area contributed by atoms with Crippen LogP contribution in [0.3, 0.4) is 0 Å². The Hall–Kier alpha value is -2.70. The number of nitrogens with one attached hydrogen (secondary N) is 2. The lowest BCUT2D eigenvalue weighted by Gasteiger charge is -2.33. The first-order chi connectivity index (χ1) is 11.3. The molecule has 2 unspecified atom stereocenters. The molecule has 126 valence electrons. The number of rotatable bonds is 3. The van der Waals surface area contributed by atoms with Crippen LogP contribution in [0.25, 0.3) is 0 Å². The summed E-state index contributed by atoms with van der Waals surface area (Å²) in [6, 6.07) is 6.06. The van der Waals surface area contributed by atoms with Gasteiger partial charge in [-0.05, 0) is 37.6 Å². The molecule has 5 nitrogen and oxygen atoms in total. The van der Waals surface area contributed by atoms with Gasteiger partial charge in [-0.3, -0.25) is 4.79 Å². The molecule has 2 heterocycles. The van der Waals surface area contributed by atoms with Gasteiger partial charge >= 0.3 is 6.03 Å². The second-order valence-electron chi connectivity index (χ2n) is 6.04. The number of urea groups is 1. The zero-order valence-electron chi connectivity index (χ0n) is 13.3. The Morgan fingerprint density at radius 1 is 1.21 bits per heavy atom. The van der Waals surface area contributed by atoms with Crippen LogP contribution in [0.2, 0.25) is 0 Å². The van der Waals surface area contributed by atoms with E-state index in [9.17, 15) is 18.4 Å². The van der Waals surface area contributed by atoms with Gasteiger partial charge in [-0.25, -0.2) is 13.6 Å². The predicted octanol–water partition coefficient (Wildman–Crippen LogP) is 2.03. The Labute approximate surface area is 137 Å². The molecule has 0 bridgehead atoms. The fourth-order valence-corrected chi connectivity index (χ4v) is 3.08. The molecule has 3 rings (SSSR count). The van der Waals surface area contributed by atoms with Crippen molar-refractivity contribution in [3.05, 3.63) is 69.6 Å². The van der Waals surface area contributed by atoms with Crippen LogP contribution in [0.1, 0.15) is 18.1 Å². The fourth-order valence-electron chi connectivity index (χ4n) is 3.08. The van der Waals surface area contributed by atoms with Gasteiger partial charge in [-0.2, -0.15) is 0 Å². The molecule has 0 spiro atoms. The van der Waals surface area contributed by atoms with Crippen LogP contribution in [0.4, 0.5) is 13.6 Å². The number of hydrogen-bond donors (Lipinski definition) is 2. The van der Waals surface area contributed by atoms with E-state index in [-0.39, 0.29) is 12.1 Å². The average molecular weight is 333 g/mol. The summed E-state index contributed by atoms with van der Waals surface area (Å²) in [5.74, 6) is -1.97. The molecule has 1 saturated heterocycles. The van der Waals surface area contributed by atoms with Gasteiger partial charge in [0.15, 0.2) is 11.6 Å². The van der Waals surface area contributed by atoms with Gasteiger partial charge < -0.3 is 15.2 Å². The minimum atomic E-state index is -1.07. The molecule has 1 fully saturated rings. The van der Waals surface area contributed by atoms with Crippen molar-refractivity contribution in [1.29, 1.82) is 0 Å². The van der Waals surface area contributed by atoms with Crippen LogP contribution in [0.5, 0.6) is 0 Å². The lowest BCUT2D eigenvalue weighted by Crippen LogP contribution is -2.50. The average Bonchev–Trinajstić information content (AvgIpc) is 2.81. The molecule has 2 amide bonds. The maximum atomic E-state index is 13.7. The molecule has 24 heavy (non-hydrogen) atoms. The van der Waals surface area contributed by atoms with E-state index in [1.807, 2.05) is 0 Å². The number of nitrogens with zero attached hydrogens (tertiary/aromatic N) is 1. The summed E-state index contributed by atoms with van der Waals surface area (Å²) < 4.78 is 28.5. The molecular formula is C17H17F2N3O2. The van der Waals surface area contributed by atoms with Crippen molar-refractivity contribution in [1.82, 2.24) is 15.2 Å². The maximum absolute atomic E-state index is 13.7. The summed E-state index contributed by atoms with van der Waals surface area (Å²) in [4.78, 5) is 24.2. The lowest BCUT2D eigenvalue weighted by atomic mass is 9.84. The third-order valence-electron chi connectivity index (χ3n) is 4.49. The van der Waals surface area contributed by atoms with Gasteiger partial charge in [0, 0.05) is 11.8 Å². The highest BCUT2D eigenvalue weighted by molar-refractivity contribution is 5.78. The van der Waals surface area contributed by atoms with Gasteiger partial charge in [-0.15, -0.1) is 0 Å². The Morgan fingerprint density at radius 3 is 2.58 bits per heavy atom.